The summed E-state index contributed by atoms with van der Waals surface area (Å²) < 4.78 is 5.49. The van der Waals surface area contributed by atoms with Crippen molar-refractivity contribution in [3.8, 4) is 0 Å². The topological polar surface area (TPSA) is 80.0 Å². The zero-order chi connectivity index (χ0) is 19.5. The lowest BCUT2D eigenvalue weighted by atomic mass is 10.0. The van der Waals surface area contributed by atoms with Crippen molar-refractivity contribution in [3.05, 3.63) is 52.8 Å². The molecule has 2 heterocycles. The minimum absolute atomic E-state index is 0. The molecule has 3 aromatic rings. The molecule has 0 unspecified atom stereocenters. The number of anilines is 1. The number of amides is 1. The van der Waals surface area contributed by atoms with Gasteiger partial charge in [-0.1, -0.05) is 43.6 Å². The van der Waals surface area contributed by atoms with Crippen molar-refractivity contribution >= 4 is 35.1 Å². The Morgan fingerprint density at radius 2 is 2.03 bits per heavy atom. The molecule has 1 saturated carbocycles. The van der Waals surface area contributed by atoms with E-state index in [0.717, 1.165) is 60.3 Å². The number of hydrogen-bond donors (Lipinski definition) is 2. The van der Waals surface area contributed by atoms with Crippen LogP contribution in [0, 0.1) is 0 Å². The molecule has 29 heavy (non-hydrogen) atoms. The highest BCUT2D eigenvalue weighted by molar-refractivity contribution is 6.12. The molecule has 1 amide bonds. The van der Waals surface area contributed by atoms with Gasteiger partial charge in [0.1, 0.15) is 0 Å². The molecule has 1 fully saturated rings. The predicted molar refractivity (Wildman–Crippen MR) is 117 cm³/mol. The summed E-state index contributed by atoms with van der Waals surface area (Å²) in [5, 5.41) is 11.3. The number of aryl methyl sites for hydroxylation is 1. The molecule has 1 aliphatic rings. The van der Waals surface area contributed by atoms with E-state index in [-0.39, 0.29) is 18.3 Å². The summed E-state index contributed by atoms with van der Waals surface area (Å²) >= 11 is 0. The van der Waals surface area contributed by atoms with Crippen LogP contribution in [-0.2, 0) is 13.0 Å². The van der Waals surface area contributed by atoms with Crippen molar-refractivity contribution < 1.29 is 9.32 Å². The fourth-order valence-corrected chi connectivity index (χ4v) is 3.45. The third-order valence-corrected chi connectivity index (χ3v) is 5.10. The third-order valence-electron chi connectivity index (χ3n) is 5.10. The van der Waals surface area contributed by atoms with Gasteiger partial charge in [0.15, 0.2) is 0 Å². The first-order valence-corrected chi connectivity index (χ1v) is 10.1. The van der Waals surface area contributed by atoms with Crippen molar-refractivity contribution in [2.75, 3.05) is 11.9 Å². The summed E-state index contributed by atoms with van der Waals surface area (Å²) in [5.74, 6) is 0.288. The first-order valence-electron chi connectivity index (χ1n) is 10.1. The van der Waals surface area contributed by atoms with Crippen LogP contribution in [0.4, 0.5) is 5.69 Å². The molecule has 0 bridgehead atoms. The maximum atomic E-state index is 13.3. The molecular weight excluding hydrogens is 388 g/mol. The molecule has 4 rings (SSSR count). The van der Waals surface area contributed by atoms with Crippen LogP contribution >= 0.6 is 12.4 Å². The number of hydrogen-bond acceptors (Lipinski definition) is 5. The number of carbonyl (C=O) groups excluding carboxylic acids is 1. The smallest absolute Gasteiger partial charge is 0.259 e. The molecule has 7 heteroatoms. The number of rotatable bonds is 8. The number of pyridine rings is 1. The van der Waals surface area contributed by atoms with Crippen LogP contribution < -0.4 is 10.6 Å². The molecule has 0 aliphatic heterocycles. The Morgan fingerprint density at radius 1 is 1.24 bits per heavy atom. The Kier molecular flexibility index (Phi) is 6.87. The van der Waals surface area contributed by atoms with Crippen molar-refractivity contribution in [2.45, 2.75) is 52.0 Å². The molecular formula is C22H27ClN4O2. The molecule has 154 valence electrons. The number of aromatic nitrogens is 2. The summed E-state index contributed by atoms with van der Waals surface area (Å²) in [4.78, 5) is 17.9. The number of para-hydroxylation sites is 1. The van der Waals surface area contributed by atoms with Crippen LogP contribution in [0.2, 0.25) is 0 Å². The predicted octanol–water partition coefficient (Wildman–Crippen LogP) is 4.84. The van der Waals surface area contributed by atoms with Gasteiger partial charge >= 0.3 is 0 Å². The lowest BCUT2D eigenvalue weighted by Crippen LogP contribution is -2.17. The van der Waals surface area contributed by atoms with Crippen molar-refractivity contribution in [1.29, 1.82) is 0 Å². The molecule has 1 aromatic carbocycles. The fraction of sp³-hybridized carbons (Fsp3) is 0.409. The number of nitrogens with one attached hydrogen (secondary N) is 2. The van der Waals surface area contributed by atoms with Crippen LogP contribution in [0.5, 0.6) is 0 Å². The third kappa shape index (κ3) is 4.60. The van der Waals surface area contributed by atoms with Gasteiger partial charge in [-0.05, 0) is 43.5 Å². The second-order valence-corrected chi connectivity index (χ2v) is 7.32. The van der Waals surface area contributed by atoms with Gasteiger partial charge in [-0.15, -0.1) is 12.4 Å². The highest BCUT2D eigenvalue weighted by Crippen LogP contribution is 2.40. The zero-order valence-electron chi connectivity index (χ0n) is 16.8. The molecule has 0 spiro atoms. The number of nitrogens with zero attached hydrogens (tertiary/aromatic N) is 2. The second kappa shape index (κ2) is 9.37. The normalized spacial score (nSPS) is 13.3. The molecule has 0 saturated heterocycles. The van der Waals surface area contributed by atoms with Gasteiger partial charge in [0.25, 0.3) is 11.6 Å². The molecule has 1 aliphatic carbocycles. The van der Waals surface area contributed by atoms with Crippen molar-refractivity contribution in [1.82, 2.24) is 15.5 Å². The van der Waals surface area contributed by atoms with E-state index in [1.165, 1.54) is 0 Å². The quantitative estimate of drug-likeness (QED) is 0.551. The van der Waals surface area contributed by atoms with E-state index in [0.29, 0.717) is 23.7 Å². The lowest BCUT2D eigenvalue weighted by Gasteiger charge is -2.12. The molecule has 2 aromatic heterocycles. The van der Waals surface area contributed by atoms with Gasteiger partial charge in [0, 0.05) is 23.8 Å². The maximum Gasteiger partial charge on any atom is 0.259 e. The standard InChI is InChI=1S/C22H26N4O2.ClH/c1-3-7-18-20-16(12-19(14-10-11-14)25-22(20)28-26-18)21(27)24-17-9-6-5-8-15(17)13-23-4-2;/h5-6,8-9,12,14,23H,3-4,7,10-11,13H2,1-2H3,(H,24,27);1H. The van der Waals surface area contributed by atoms with Gasteiger partial charge in [-0.3, -0.25) is 4.79 Å². The van der Waals surface area contributed by atoms with Crippen LogP contribution in [0.3, 0.4) is 0 Å². The fourth-order valence-electron chi connectivity index (χ4n) is 3.45. The van der Waals surface area contributed by atoms with E-state index in [2.05, 4.69) is 34.6 Å². The van der Waals surface area contributed by atoms with E-state index >= 15 is 0 Å². The van der Waals surface area contributed by atoms with E-state index in [1.807, 2.05) is 30.3 Å². The largest absolute Gasteiger partial charge is 0.336 e. The first kappa shape index (κ1) is 21.3. The van der Waals surface area contributed by atoms with Crippen molar-refractivity contribution in [3.63, 3.8) is 0 Å². The average molecular weight is 415 g/mol. The Balaban J connectivity index is 0.00000240. The molecule has 0 atom stereocenters. The molecule has 2 N–H and O–H groups in total. The van der Waals surface area contributed by atoms with Gasteiger partial charge in [0.2, 0.25) is 0 Å². The summed E-state index contributed by atoms with van der Waals surface area (Å²) in [6.07, 6.45) is 3.91. The molecule has 0 radical (unpaired) electrons. The minimum atomic E-state index is -0.140. The number of benzene rings is 1. The highest BCUT2D eigenvalue weighted by Gasteiger charge is 2.29. The van der Waals surface area contributed by atoms with Crippen LogP contribution in [-0.4, -0.2) is 22.6 Å². The monoisotopic (exact) mass is 414 g/mol. The van der Waals surface area contributed by atoms with E-state index in [9.17, 15) is 4.79 Å². The number of halogens is 1. The SMILES string of the molecule is CCCc1noc2nc(C3CC3)cc(C(=O)Nc3ccccc3CNCC)c12.Cl. The zero-order valence-corrected chi connectivity index (χ0v) is 17.6. The summed E-state index contributed by atoms with van der Waals surface area (Å²) in [6.45, 7) is 5.73. The van der Waals surface area contributed by atoms with Crippen molar-refractivity contribution in [2.24, 2.45) is 0 Å². The Hall–Kier alpha value is -2.44. The number of fused-ring (bicyclic) bond motifs is 1. The van der Waals surface area contributed by atoms with E-state index in [4.69, 9.17) is 4.52 Å². The second-order valence-electron chi connectivity index (χ2n) is 7.32. The van der Waals surface area contributed by atoms with Crippen LogP contribution in [0.25, 0.3) is 11.1 Å². The van der Waals surface area contributed by atoms with Gasteiger partial charge in [-0.2, -0.15) is 0 Å². The average Bonchev–Trinajstić information content (AvgIpc) is 3.49. The van der Waals surface area contributed by atoms with Gasteiger partial charge in [-0.25, -0.2) is 4.98 Å². The van der Waals surface area contributed by atoms with Crippen LogP contribution in [0.1, 0.15) is 66.3 Å². The van der Waals surface area contributed by atoms with Gasteiger partial charge < -0.3 is 15.2 Å². The maximum absolute atomic E-state index is 13.3. The summed E-state index contributed by atoms with van der Waals surface area (Å²) in [6, 6.07) is 9.81. The molecule has 6 nitrogen and oxygen atoms in total. The highest BCUT2D eigenvalue weighted by atomic mass is 35.5. The summed E-state index contributed by atoms with van der Waals surface area (Å²) in [5.41, 5.74) is 4.69. The first-order chi connectivity index (χ1) is 13.7. The Morgan fingerprint density at radius 3 is 2.76 bits per heavy atom. The van der Waals surface area contributed by atoms with Crippen LogP contribution in [0.15, 0.2) is 34.9 Å². The Bertz CT molecular complexity index is 998. The lowest BCUT2D eigenvalue weighted by molar-refractivity contribution is 0.102. The van der Waals surface area contributed by atoms with Gasteiger partial charge in [0.05, 0.1) is 16.6 Å². The Labute approximate surface area is 176 Å². The number of carbonyl (C=O) groups is 1. The van der Waals surface area contributed by atoms with E-state index in [1.54, 1.807) is 0 Å². The minimum Gasteiger partial charge on any atom is -0.336 e. The van der Waals surface area contributed by atoms with E-state index < -0.39 is 0 Å². The summed E-state index contributed by atoms with van der Waals surface area (Å²) in [7, 11) is 0.